The van der Waals surface area contributed by atoms with E-state index in [0.29, 0.717) is 16.9 Å². The van der Waals surface area contributed by atoms with Gasteiger partial charge in [0.25, 0.3) is 0 Å². The Morgan fingerprint density at radius 3 is 2.35 bits per heavy atom. The van der Waals surface area contributed by atoms with Gasteiger partial charge in [-0.3, -0.25) is 0 Å². The minimum atomic E-state index is -0.0532. The monoisotopic (exact) mass is 239 g/mol. The fraction of sp³-hybridized carbons (Fsp3) is 1.00. The third kappa shape index (κ3) is 1.94. The summed E-state index contributed by atoms with van der Waals surface area (Å²) in [5, 5.41) is 3.78. The zero-order valence-electron chi connectivity index (χ0n) is 12.4. The SMILES string of the molecule is COC(C)(C)CNC1CC2CCC1(C)C2(C)C. The molecule has 2 rings (SSSR count). The van der Waals surface area contributed by atoms with Gasteiger partial charge < -0.3 is 10.1 Å². The average Bonchev–Trinajstić information content (AvgIpc) is 2.58. The van der Waals surface area contributed by atoms with Crippen LogP contribution in [0, 0.1) is 16.7 Å². The molecule has 2 nitrogen and oxygen atoms in total. The van der Waals surface area contributed by atoms with E-state index in [1.165, 1.54) is 19.3 Å². The maximum absolute atomic E-state index is 5.50. The standard InChI is InChI=1S/C15H29NO/c1-13(2,17-6)10-16-12-9-11-7-8-15(12,5)14(11,3)4/h11-12,16H,7-10H2,1-6H3. The second-order valence-corrected chi connectivity index (χ2v) is 7.51. The van der Waals surface area contributed by atoms with Gasteiger partial charge in [0.2, 0.25) is 0 Å². The van der Waals surface area contributed by atoms with Crippen LogP contribution in [0.2, 0.25) is 0 Å². The van der Waals surface area contributed by atoms with Gasteiger partial charge in [-0.1, -0.05) is 20.8 Å². The highest BCUT2D eigenvalue weighted by atomic mass is 16.5. The molecule has 0 aromatic carbocycles. The summed E-state index contributed by atoms with van der Waals surface area (Å²) in [6, 6.07) is 0.672. The lowest BCUT2D eigenvalue weighted by Gasteiger charge is -2.40. The zero-order valence-corrected chi connectivity index (χ0v) is 12.4. The molecule has 100 valence electrons. The van der Waals surface area contributed by atoms with Crippen LogP contribution in [0.5, 0.6) is 0 Å². The van der Waals surface area contributed by atoms with Crippen molar-refractivity contribution in [3.63, 3.8) is 0 Å². The first-order chi connectivity index (χ1) is 7.73. The van der Waals surface area contributed by atoms with E-state index < -0.39 is 0 Å². The second-order valence-electron chi connectivity index (χ2n) is 7.51. The Morgan fingerprint density at radius 1 is 1.29 bits per heavy atom. The molecule has 17 heavy (non-hydrogen) atoms. The molecule has 0 heterocycles. The Labute approximate surface area is 107 Å². The van der Waals surface area contributed by atoms with E-state index in [1.807, 2.05) is 0 Å². The van der Waals surface area contributed by atoms with Crippen LogP contribution in [-0.4, -0.2) is 25.3 Å². The molecule has 2 saturated carbocycles. The molecule has 0 aromatic heterocycles. The summed E-state index contributed by atoms with van der Waals surface area (Å²) in [5.41, 5.74) is 0.922. The third-order valence-corrected chi connectivity index (χ3v) is 6.12. The number of rotatable bonds is 4. The molecule has 0 radical (unpaired) electrons. The van der Waals surface area contributed by atoms with Gasteiger partial charge in [0.1, 0.15) is 0 Å². The fourth-order valence-electron chi connectivity index (χ4n) is 3.95. The second kappa shape index (κ2) is 3.96. The van der Waals surface area contributed by atoms with E-state index in [9.17, 15) is 0 Å². The smallest absolute Gasteiger partial charge is 0.0746 e. The Morgan fingerprint density at radius 2 is 1.94 bits per heavy atom. The molecule has 3 unspecified atom stereocenters. The number of methoxy groups -OCH3 is 1. The van der Waals surface area contributed by atoms with E-state index in [0.717, 1.165) is 12.5 Å². The lowest BCUT2D eigenvalue weighted by molar-refractivity contribution is 0.0140. The van der Waals surface area contributed by atoms with Crippen molar-refractivity contribution in [1.29, 1.82) is 0 Å². The molecular weight excluding hydrogens is 210 g/mol. The maximum Gasteiger partial charge on any atom is 0.0746 e. The van der Waals surface area contributed by atoms with Crippen LogP contribution in [-0.2, 0) is 4.74 Å². The predicted molar refractivity (Wildman–Crippen MR) is 72.1 cm³/mol. The molecule has 2 aliphatic rings. The number of hydrogen-bond acceptors (Lipinski definition) is 2. The lowest BCUT2D eigenvalue weighted by atomic mass is 9.69. The van der Waals surface area contributed by atoms with Crippen LogP contribution in [0.4, 0.5) is 0 Å². The van der Waals surface area contributed by atoms with Crippen molar-refractivity contribution >= 4 is 0 Å². The van der Waals surface area contributed by atoms with Crippen molar-refractivity contribution in [3.05, 3.63) is 0 Å². The van der Waals surface area contributed by atoms with Gasteiger partial charge >= 0.3 is 0 Å². The summed E-state index contributed by atoms with van der Waals surface area (Å²) < 4.78 is 5.50. The Hall–Kier alpha value is -0.0800. The van der Waals surface area contributed by atoms with Gasteiger partial charge in [0.15, 0.2) is 0 Å². The molecule has 2 aliphatic carbocycles. The topological polar surface area (TPSA) is 21.3 Å². The molecule has 0 saturated heterocycles. The van der Waals surface area contributed by atoms with E-state index in [4.69, 9.17) is 4.74 Å². The molecule has 2 heteroatoms. The number of nitrogens with one attached hydrogen (secondary N) is 1. The van der Waals surface area contributed by atoms with Gasteiger partial charge in [-0.05, 0) is 49.9 Å². The number of hydrogen-bond donors (Lipinski definition) is 1. The highest BCUT2D eigenvalue weighted by molar-refractivity contribution is 5.13. The van der Waals surface area contributed by atoms with Crippen molar-refractivity contribution in [2.45, 2.75) is 65.5 Å². The van der Waals surface area contributed by atoms with Gasteiger partial charge in [0.05, 0.1) is 5.60 Å². The summed E-state index contributed by atoms with van der Waals surface area (Å²) >= 11 is 0. The van der Waals surface area contributed by atoms with Gasteiger partial charge in [-0.2, -0.15) is 0 Å². The van der Waals surface area contributed by atoms with Crippen LogP contribution >= 0.6 is 0 Å². The molecule has 0 spiro atoms. The Kier molecular flexibility index (Phi) is 3.11. The normalized spacial score (nSPS) is 39.9. The molecular formula is C15H29NO. The van der Waals surface area contributed by atoms with Gasteiger partial charge in [-0.15, -0.1) is 0 Å². The van der Waals surface area contributed by atoms with Crippen LogP contribution in [0.1, 0.15) is 53.9 Å². The molecule has 2 fully saturated rings. The summed E-state index contributed by atoms with van der Waals surface area (Å²) in [7, 11) is 1.80. The largest absolute Gasteiger partial charge is 0.377 e. The van der Waals surface area contributed by atoms with E-state index in [1.54, 1.807) is 7.11 Å². The molecule has 2 bridgehead atoms. The maximum atomic E-state index is 5.50. The quantitative estimate of drug-likeness (QED) is 0.813. The van der Waals surface area contributed by atoms with Gasteiger partial charge in [-0.25, -0.2) is 0 Å². The van der Waals surface area contributed by atoms with Crippen molar-refractivity contribution in [1.82, 2.24) is 5.32 Å². The molecule has 3 atom stereocenters. The molecule has 0 aliphatic heterocycles. The van der Waals surface area contributed by atoms with E-state index in [-0.39, 0.29) is 5.60 Å². The highest BCUT2D eigenvalue weighted by Gasteiger charge is 2.61. The molecule has 0 aromatic rings. The van der Waals surface area contributed by atoms with Crippen molar-refractivity contribution in [2.24, 2.45) is 16.7 Å². The lowest BCUT2D eigenvalue weighted by Crippen LogP contribution is -2.49. The first kappa shape index (κ1) is 13.4. The van der Waals surface area contributed by atoms with E-state index in [2.05, 4.69) is 39.9 Å². The van der Waals surface area contributed by atoms with Crippen molar-refractivity contribution in [3.8, 4) is 0 Å². The summed E-state index contributed by atoms with van der Waals surface area (Å²) in [4.78, 5) is 0. The average molecular weight is 239 g/mol. The number of fused-ring (bicyclic) bond motifs is 2. The first-order valence-corrected chi connectivity index (χ1v) is 7.01. The van der Waals surface area contributed by atoms with Crippen LogP contribution < -0.4 is 5.32 Å². The number of ether oxygens (including phenoxy) is 1. The van der Waals surface area contributed by atoms with Gasteiger partial charge in [0, 0.05) is 19.7 Å². The van der Waals surface area contributed by atoms with Crippen LogP contribution in [0.3, 0.4) is 0 Å². The van der Waals surface area contributed by atoms with Crippen molar-refractivity contribution in [2.75, 3.05) is 13.7 Å². The van der Waals surface area contributed by atoms with Crippen LogP contribution in [0.25, 0.3) is 0 Å². The zero-order chi connectivity index (χ0) is 12.9. The summed E-state index contributed by atoms with van der Waals surface area (Å²) in [5.74, 6) is 0.913. The minimum Gasteiger partial charge on any atom is -0.377 e. The summed E-state index contributed by atoms with van der Waals surface area (Å²) in [6.07, 6.45) is 4.16. The first-order valence-electron chi connectivity index (χ1n) is 7.01. The molecule has 0 amide bonds. The van der Waals surface area contributed by atoms with Crippen LogP contribution in [0.15, 0.2) is 0 Å². The summed E-state index contributed by atoms with van der Waals surface area (Å²) in [6.45, 7) is 12.7. The Bertz CT molecular complexity index is 297. The Balaban J connectivity index is 2.01. The third-order valence-electron chi connectivity index (χ3n) is 6.12. The fourth-order valence-corrected chi connectivity index (χ4v) is 3.95. The predicted octanol–water partition coefficient (Wildman–Crippen LogP) is 3.22. The minimum absolute atomic E-state index is 0.0532. The highest BCUT2D eigenvalue weighted by Crippen LogP contribution is 2.65. The van der Waals surface area contributed by atoms with Crippen molar-refractivity contribution < 1.29 is 4.74 Å². The molecule has 1 N–H and O–H groups in total. The van der Waals surface area contributed by atoms with E-state index >= 15 is 0 Å².